The van der Waals surface area contributed by atoms with E-state index in [1.807, 2.05) is 26.0 Å². The van der Waals surface area contributed by atoms with E-state index in [9.17, 15) is 9.59 Å². The fraction of sp³-hybridized carbons (Fsp3) is 0.625. The van der Waals surface area contributed by atoms with E-state index in [1.54, 1.807) is 11.2 Å². The molecule has 5 nitrogen and oxygen atoms in total. The Morgan fingerprint density at radius 1 is 1.43 bits per heavy atom. The van der Waals surface area contributed by atoms with Gasteiger partial charge in [0.2, 0.25) is 11.8 Å². The monoisotopic (exact) mass is 290 g/mol. The SMILES string of the molecule is CCC1C(=O)NC2(CCCC2)C(=O)N1C(C)c1ccco1. The predicted molar refractivity (Wildman–Crippen MR) is 77.4 cm³/mol. The molecule has 21 heavy (non-hydrogen) atoms. The van der Waals surface area contributed by atoms with Crippen LogP contribution in [0, 0.1) is 0 Å². The fourth-order valence-electron chi connectivity index (χ4n) is 3.70. The van der Waals surface area contributed by atoms with Gasteiger partial charge < -0.3 is 14.6 Å². The lowest BCUT2D eigenvalue weighted by atomic mass is 9.88. The Bertz CT molecular complexity index is 532. The molecule has 0 bridgehead atoms. The molecule has 2 unspecified atom stereocenters. The minimum Gasteiger partial charge on any atom is -0.467 e. The molecule has 3 rings (SSSR count). The van der Waals surface area contributed by atoms with Crippen LogP contribution in [-0.4, -0.2) is 28.3 Å². The van der Waals surface area contributed by atoms with Crippen molar-refractivity contribution in [2.45, 2.75) is 63.6 Å². The van der Waals surface area contributed by atoms with Crippen LogP contribution in [0.4, 0.5) is 0 Å². The van der Waals surface area contributed by atoms with Crippen molar-refractivity contribution in [3.63, 3.8) is 0 Å². The summed E-state index contributed by atoms with van der Waals surface area (Å²) in [6.07, 6.45) is 5.69. The Balaban J connectivity index is 1.97. The van der Waals surface area contributed by atoms with Crippen molar-refractivity contribution >= 4 is 11.8 Å². The second-order valence-corrected chi connectivity index (χ2v) is 6.11. The summed E-state index contributed by atoms with van der Waals surface area (Å²) in [4.78, 5) is 27.3. The second-order valence-electron chi connectivity index (χ2n) is 6.11. The number of piperazine rings is 1. The van der Waals surface area contributed by atoms with Crippen LogP contribution in [-0.2, 0) is 9.59 Å². The Hall–Kier alpha value is -1.78. The second kappa shape index (κ2) is 5.20. The van der Waals surface area contributed by atoms with Gasteiger partial charge in [0.1, 0.15) is 17.3 Å². The predicted octanol–water partition coefficient (Wildman–Crippen LogP) is 2.39. The molecule has 1 N–H and O–H groups in total. The Kier molecular flexibility index (Phi) is 3.51. The quantitative estimate of drug-likeness (QED) is 0.929. The van der Waals surface area contributed by atoms with Crippen LogP contribution in [0.1, 0.15) is 57.8 Å². The van der Waals surface area contributed by atoms with Crippen molar-refractivity contribution < 1.29 is 14.0 Å². The summed E-state index contributed by atoms with van der Waals surface area (Å²) in [6, 6.07) is 3.04. The van der Waals surface area contributed by atoms with E-state index in [0.717, 1.165) is 31.4 Å². The van der Waals surface area contributed by atoms with Gasteiger partial charge in [0.15, 0.2) is 0 Å². The number of carbonyl (C=O) groups excluding carboxylic acids is 2. The van der Waals surface area contributed by atoms with Gasteiger partial charge in [-0.15, -0.1) is 0 Å². The van der Waals surface area contributed by atoms with Crippen molar-refractivity contribution in [1.29, 1.82) is 0 Å². The first kappa shape index (κ1) is 14.2. The molecule has 1 saturated heterocycles. The van der Waals surface area contributed by atoms with Gasteiger partial charge in [-0.3, -0.25) is 9.59 Å². The van der Waals surface area contributed by atoms with E-state index in [2.05, 4.69) is 5.32 Å². The lowest BCUT2D eigenvalue weighted by molar-refractivity contribution is -0.158. The smallest absolute Gasteiger partial charge is 0.249 e. The maximum Gasteiger partial charge on any atom is 0.249 e. The molecule has 2 atom stereocenters. The molecule has 2 heterocycles. The van der Waals surface area contributed by atoms with E-state index in [-0.39, 0.29) is 17.9 Å². The van der Waals surface area contributed by atoms with Crippen LogP contribution in [0.15, 0.2) is 22.8 Å². The summed E-state index contributed by atoms with van der Waals surface area (Å²) in [5.41, 5.74) is -0.677. The Labute approximate surface area is 124 Å². The van der Waals surface area contributed by atoms with Crippen molar-refractivity contribution in [2.75, 3.05) is 0 Å². The van der Waals surface area contributed by atoms with Crippen molar-refractivity contribution in [3.8, 4) is 0 Å². The maximum absolute atomic E-state index is 13.1. The molecule has 2 amide bonds. The van der Waals surface area contributed by atoms with Gasteiger partial charge in [-0.25, -0.2) is 0 Å². The summed E-state index contributed by atoms with van der Waals surface area (Å²) >= 11 is 0. The highest BCUT2D eigenvalue weighted by atomic mass is 16.3. The van der Waals surface area contributed by atoms with Gasteiger partial charge in [0.25, 0.3) is 0 Å². The number of furan rings is 1. The first-order valence-electron chi connectivity index (χ1n) is 7.77. The van der Waals surface area contributed by atoms with Crippen LogP contribution in [0.5, 0.6) is 0 Å². The number of amides is 2. The van der Waals surface area contributed by atoms with Gasteiger partial charge >= 0.3 is 0 Å². The van der Waals surface area contributed by atoms with E-state index < -0.39 is 11.6 Å². The summed E-state index contributed by atoms with van der Waals surface area (Å²) in [7, 11) is 0. The zero-order valence-electron chi connectivity index (χ0n) is 12.6. The highest BCUT2D eigenvalue weighted by Gasteiger charge is 2.53. The van der Waals surface area contributed by atoms with Crippen LogP contribution in [0.3, 0.4) is 0 Å². The van der Waals surface area contributed by atoms with Crippen molar-refractivity contribution in [3.05, 3.63) is 24.2 Å². The lowest BCUT2D eigenvalue weighted by Crippen LogP contribution is -2.69. The third-order valence-electron chi connectivity index (χ3n) is 4.86. The van der Waals surface area contributed by atoms with Gasteiger partial charge in [-0.1, -0.05) is 19.8 Å². The van der Waals surface area contributed by atoms with E-state index in [0.29, 0.717) is 6.42 Å². The van der Waals surface area contributed by atoms with Gasteiger partial charge in [0.05, 0.1) is 12.3 Å². The minimum absolute atomic E-state index is 0.0302. The molecule has 1 aromatic heterocycles. The molecule has 1 aliphatic heterocycles. The largest absolute Gasteiger partial charge is 0.467 e. The molecule has 0 radical (unpaired) electrons. The summed E-state index contributed by atoms with van der Waals surface area (Å²) in [5.74, 6) is 0.748. The first-order valence-corrected chi connectivity index (χ1v) is 7.77. The van der Waals surface area contributed by atoms with Gasteiger partial charge in [-0.05, 0) is 38.3 Å². The third kappa shape index (κ3) is 2.15. The number of rotatable bonds is 3. The molecule has 2 fully saturated rings. The molecule has 5 heteroatoms. The summed E-state index contributed by atoms with van der Waals surface area (Å²) in [5, 5.41) is 3.01. The molecular formula is C16H22N2O3. The lowest BCUT2D eigenvalue weighted by Gasteiger charge is -2.46. The summed E-state index contributed by atoms with van der Waals surface area (Å²) < 4.78 is 5.45. The number of carbonyl (C=O) groups is 2. The van der Waals surface area contributed by atoms with E-state index in [1.165, 1.54) is 0 Å². The number of nitrogens with zero attached hydrogens (tertiary/aromatic N) is 1. The third-order valence-corrected chi connectivity index (χ3v) is 4.86. The average molecular weight is 290 g/mol. The van der Waals surface area contributed by atoms with E-state index >= 15 is 0 Å². The number of hydrogen-bond acceptors (Lipinski definition) is 3. The standard InChI is InChI=1S/C16H22N2O3/c1-3-12-14(19)17-16(8-4-5-9-16)15(20)18(12)11(2)13-7-6-10-21-13/h6-7,10-12H,3-5,8-9H2,1-2H3,(H,17,19). The summed E-state index contributed by atoms with van der Waals surface area (Å²) in [6.45, 7) is 3.87. The highest BCUT2D eigenvalue weighted by molar-refractivity contribution is 6.00. The van der Waals surface area contributed by atoms with Crippen LogP contribution in [0.25, 0.3) is 0 Å². The normalized spacial score (nSPS) is 26.2. The number of hydrogen-bond donors (Lipinski definition) is 1. The highest BCUT2D eigenvalue weighted by Crippen LogP contribution is 2.38. The number of nitrogens with one attached hydrogen (secondary N) is 1. The molecule has 1 spiro atoms. The topological polar surface area (TPSA) is 62.6 Å². The van der Waals surface area contributed by atoms with Gasteiger partial charge in [0, 0.05) is 0 Å². The van der Waals surface area contributed by atoms with Crippen molar-refractivity contribution in [1.82, 2.24) is 10.2 Å². The molecule has 0 aromatic carbocycles. The van der Waals surface area contributed by atoms with Crippen LogP contribution in [0.2, 0.25) is 0 Å². The molecule has 1 saturated carbocycles. The first-order chi connectivity index (χ1) is 10.1. The van der Waals surface area contributed by atoms with Gasteiger partial charge in [-0.2, -0.15) is 0 Å². The maximum atomic E-state index is 13.1. The van der Waals surface area contributed by atoms with Crippen LogP contribution >= 0.6 is 0 Å². The molecule has 114 valence electrons. The molecular weight excluding hydrogens is 268 g/mol. The van der Waals surface area contributed by atoms with E-state index in [4.69, 9.17) is 4.42 Å². The zero-order chi connectivity index (χ0) is 15.0. The molecule has 2 aliphatic rings. The minimum atomic E-state index is -0.677. The zero-order valence-corrected chi connectivity index (χ0v) is 12.6. The fourth-order valence-corrected chi connectivity index (χ4v) is 3.70. The van der Waals surface area contributed by atoms with Crippen LogP contribution < -0.4 is 5.32 Å². The Morgan fingerprint density at radius 3 is 2.71 bits per heavy atom. The Morgan fingerprint density at radius 2 is 2.14 bits per heavy atom. The molecule has 1 aromatic rings. The van der Waals surface area contributed by atoms with Crippen molar-refractivity contribution in [2.24, 2.45) is 0 Å². The molecule has 1 aliphatic carbocycles. The average Bonchev–Trinajstić information content (AvgIpc) is 3.13.